The molecule has 16 heteroatoms. The number of likely N-dealkylation sites (tertiary alicyclic amines) is 1. The van der Waals surface area contributed by atoms with Crippen molar-refractivity contribution < 1.29 is 41.0 Å². The number of hydrogen-bond donors (Lipinski definition) is 2. The van der Waals surface area contributed by atoms with Crippen molar-refractivity contribution in [2.45, 2.75) is 50.1 Å². The van der Waals surface area contributed by atoms with Crippen LogP contribution < -0.4 is 5.32 Å². The van der Waals surface area contributed by atoms with Gasteiger partial charge in [0.05, 0.1) is 32.2 Å². The van der Waals surface area contributed by atoms with E-state index in [-0.39, 0.29) is 30.2 Å². The number of carbonyl (C=O) groups excluding carboxylic acids is 1. The van der Waals surface area contributed by atoms with Crippen LogP contribution in [0.25, 0.3) is 11.0 Å². The zero-order valence-corrected chi connectivity index (χ0v) is 28.2. The molecular weight excluding hydrogens is 711 g/mol. The lowest BCUT2D eigenvalue weighted by molar-refractivity contribution is -0.143. The minimum atomic E-state index is -5.09. The molecule has 1 fully saturated rings. The van der Waals surface area contributed by atoms with Gasteiger partial charge in [-0.05, 0) is 73.8 Å². The number of para-hydroxylation sites is 2. The van der Waals surface area contributed by atoms with E-state index in [9.17, 15) is 41.0 Å². The van der Waals surface area contributed by atoms with Gasteiger partial charge in [-0.1, -0.05) is 41.4 Å². The SMILES string of the molecule is CN(CC(CCN1CCC(Nc2nc3ccccc3n2CC(=O)O)CC1)c1ccc(Cl)c(Cl)c1)C(=O)c1cc(C(F)(F)F)cc(C(F)(F)F)c1. The molecule has 0 saturated carbocycles. The van der Waals surface area contributed by atoms with Crippen LogP contribution >= 0.6 is 23.2 Å². The van der Waals surface area contributed by atoms with E-state index in [1.165, 1.54) is 7.05 Å². The van der Waals surface area contributed by atoms with Crippen molar-refractivity contribution in [3.05, 3.63) is 93.0 Å². The molecule has 1 atom stereocenters. The molecule has 1 amide bonds. The molecule has 3 aromatic carbocycles. The average molecular weight is 745 g/mol. The highest BCUT2D eigenvalue weighted by Crippen LogP contribution is 2.37. The maximum Gasteiger partial charge on any atom is 0.416 e. The molecule has 1 aliphatic rings. The van der Waals surface area contributed by atoms with Crippen LogP contribution in [0.2, 0.25) is 10.0 Å². The highest BCUT2D eigenvalue weighted by molar-refractivity contribution is 6.42. The Morgan fingerprint density at radius 3 is 2.20 bits per heavy atom. The number of halogens is 8. The van der Waals surface area contributed by atoms with E-state index < -0.39 is 46.8 Å². The number of nitrogens with zero attached hydrogens (tertiary/aromatic N) is 4. The standard InChI is InChI=1S/C34H33Cl2F6N5O3/c1-45(31(50)22-14-23(33(37,38)39)17-24(15-22)34(40,41)42)18-21(20-6-7-26(35)27(36)16-20)8-11-46-12-9-25(10-13-46)43-32-44-28-4-2-3-5-29(28)47(32)19-30(48)49/h2-7,14-17,21,25H,8-13,18-19H2,1H3,(H,43,44)(H,48,49). The number of anilines is 1. The third-order valence-electron chi connectivity index (χ3n) is 8.75. The van der Waals surface area contributed by atoms with E-state index in [2.05, 4.69) is 15.2 Å². The number of rotatable bonds is 11. The number of nitrogens with one attached hydrogen (secondary N) is 1. The van der Waals surface area contributed by atoms with Crippen molar-refractivity contribution in [3.63, 3.8) is 0 Å². The smallest absolute Gasteiger partial charge is 0.416 e. The summed E-state index contributed by atoms with van der Waals surface area (Å²) in [6.07, 6.45) is -8.24. The largest absolute Gasteiger partial charge is 0.480 e. The van der Waals surface area contributed by atoms with Gasteiger partial charge in [0, 0.05) is 44.2 Å². The van der Waals surface area contributed by atoms with Crippen LogP contribution in [0.3, 0.4) is 0 Å². The first kappa shape index (κ1) is 37.3. The second-order valence-corrected chi connectivity index (χ2v) is 13.1. The lowest BCUT2D eigenvalue weighted by Crippen LogP contribution is -2.41. The molecule has 0 radical (unpaired) electrons. The van der Waals surface area contributed by atoms with E-state index in [1.807, 2.05) is 24.3 Å². The van der Waals surface area contributed by atoms with Crippen molar-refractivity contribution in [1.82, 2.24) is 19.4 Å². The fourth-order valence-corrected chi connectivity index (χ4v) is 6.45. The Labute approximate surface area is 293 Å². The predicted octanol–water partition coefficient (Wildman–Crippen LogP) is 8.29. The van der Waals surface area contributed by atoms with Gasteiger partial charge in [-0.15, -0.1) is 0 Å². The number of imidazole rings is 1. The third-order valence-corrected chi connectivity index (χ3v) is 9.49. The number of carboxylic acid groups (broad SMARTS) is 1. The van der Waals surface area contributed by atoms with Gasteiger partial charge in [0.15, 0.2) is 0 Å². The number of fused-ring (bicyclic) bond motifs is 1. The predicted molar refractivity (Wildman–Crippen MR) is 178 cm³/mol. The molecular formula is C34H33Cl2F6N5O3. The van der Waals surface area contributed by atoms with Crippen molar-refractivity contribution in [1.29, 1.82) is 0 Å². The van der Waals surface area contributed by atoms with E-state index >= 15 is 0 Å². The molecule has 1 aromatic heterocycles. The van der Waals surface area contributed by atoms with Gasteiger partial charge in [0.2, 0.25) is 5.95 Å². The molecule has 50 heavy (non-hydrogen) atoms. The van der Waals surface area contributed by atoms with Gasteiger partial charge < -0.3 is 20.2 Å². The number of likely N-dealkylation sites (N-methyl/N-ethyl adjacent to an activating group) is 1. The Hall–Kier alpha value is -4.01. The Balaban J connectivity index is 1.27. The number of piperidine rings is 1. The summed E-state index contributed by atoms with van der Waals surface area (Å²) in [5.41, 5.74) is -1.77. The second kappa shape index (κ2) is 15.1. The molecule has 268 valence electrons. The summed E-state index contributed by atoms with van der Waals surface area (Å²) in [4.78, 5) is 32.8. The monoisotopic (exact) mass is 743 g/mol. The van der Waals surface area contributed by atoms with Crippen molar-refractivity contribution in [3.8, 4) is 0 Å². The van der Waals surface area contributed by atoms with Gasteiger partial charge in [-0.25, -0.2) is 4.98 Å². The second-order valence-electron chi connectivity index (χ2n) is 12.3. The third kappa shape index (κ3) is 9.01. The van der Waals surface area contributed by atoms with Gasteiger partial charge in [0.25, 0.3) is 5.91 Å². The first-order valence-corrected chi connectivity index (χ1v) is 16.4. The van der Waals surface area contributed by atoms with Gasteiger partial charge in [0.1, 0.15) is 6.54 Å². The fraction of sp³-hybridized carbons (Fsp3) is 0.382. The lowest BCUT2D eigenvalue weighted by atomic mass is 9.93. The number of benzene rings is 3. The van der Waals surface area contributed by atoms with E-state index in [0.717, 1.165) is 17.7 Å². The summed E-state index contributed by atoms with van der Waals surface area (Å²) in [6, 6.07) is 13.1. The highest BCUT2D eigenvalue weighted by Gasteiger charge is 2.38. The first-order valence-electron chi connectivity index (χ1n) is 15.7. The number of hydrogen-bond acceptors (Lipinski definition) is 5. The van der Waals surface area contributed by atoms with Crippen molar-refractivity contribution >= 4 is 52.1 Å². The van der Waals surface area contributed by atoms with E-state index in [1.54, 1.807) is 22.8 Å². The van der Waals surface area contributed by atoms with Crippen LogP contribution in [0.4, 0.5) is 32.3 Å². The Kier molecular flexibility index (Phi) is 11.2. The fourth-order valence-electron chi connectivity index (χ4n) is 6.14. The maximum absolute atomic E-state index is 13.5. The van der Waals surface area contributed by atoms with Crippen molar-refractivity contribution in [2.24, 2.45) is 0 Å². The molecule has 1 aliphatic heterocycles. The van der Waals surface area contributed by atoms with Crippen LogP contribution in [0, 0.1) is 0 Å². The summed E-state index contributed by atoms with van der Waals surface area (Å²) in [7, 11) is 1.33. The van der Waals surface area contributed by atoms with Gasteiger partial charge >= 0.3 is 18.3 Å². The lowest BCUT2D eigenvalue weighted by Gasteiger charge is -2.34. The molecule has 0 spiro atoms. The number of amides is 1. The molecule has 1 unspecified atom stereocenters. The van der Waals surface area contributed by atoms with Gasteiger partial charge in [-0.2, -0.15) is 26.3 Å². The maximum atomic E-state index is 13.5. The van der Waals surface area contributed by atoms with Crippen molar-refractivity contribution in [2.75, 3.05) is 38.5 Å². The number of alkyl halides is 6. The average Bonchev–Trinajstić information content (AvgIpc) is 3.39. The summed E-state index contributed by atoms with van der Waals surface area (Å²) in [6.45, 7) is 1.67. The summed E-state index contributed by atoms with van der Waals surface area (Å²) in [5, 5.41) is 13.4. The molecule has 4 aromatic rings. The highest BCUT2D eigenvalue weighted by atomic mass is 35.5. The minimum absolute atomic E-state index is 0.0137. The van der Waals surface area contributed by atoms with Gasteiger partial charge in [-0.3, -0.25) is 14.2 Å². The normalized spacial score (nSPS) is 15.3. The quantitative estimate of drug-likeness (QED) is 0.150. The number of carbonyl (C=O) groups is 2. The molecule has 8 nitrogen and oxygen atoms in total. The summed E-state index contributed by atoms with van der Waals surface area (Å²) >= 11 is 12.4. The molecule has 1 saturated heterocycles. The van der Waals surface area contributed by atoms with Crippen LogP contribution in [-0.2, 0) is 23.7 Å². The number of aliphatic carboxylic acids is 1. The molecule has 0 aliphatic carbocycles. The Morgan fingerprint density at radius 2 is 1.60 bits per heavy atom. The summed E-state index contributed by atoms with van der Waals surface area (Å²) < 4.78 is 82.5. The summed E-state index contributed by atoms with van der Waals surface area (Å²) in [5.74, 6) is -1.90. The Morgan fingerprint density at radius 1 is 0.960 bits per heavy atom. The van der Waals surface area contributed by atoms with Crippen LogP contribution in [0.1, 0.15) is 52.2 Å². The molecule has 5 rings (SSSR count). The number of carboxylic acids is 1. The van der Waals surface area contributed by atoms with Crippen LogP contribution in [-0.4, -0.2) is 75.6 Å². The molecule has 2 heterocycles. The van der Waals surface area contributed by atoms with Crippen LogP contribution in [0.5, 0.6) is 0 Å². The molecule has 2 N–H and O–H groups in total. The van der Waals surface area contributed by atoms with E-state index in [0.29, 0.717) is 65.8 Å². The zero-order chi connectivity index (χ0) is 36.4. The molecule has 0 bridgehead atoms. The topological polar surface area (TPSA) is 90.7 Å². The minimum Gasteiger partial charge on any atom is -0.480 e. The Bertz CT molecular complexity index is 1830. The zero-order valence-electron chi connectivity index (χ0n) is 26.7. The first-order chi connectivity index (χ1) is 23.5. The van der Waals surface area contributed by atoms with Crippen LogP contribution in [0.15, 0.2) is 60.7 Å². The number of aromatic nitrogens is 2. The van der Waals surface area contributed by atoms with E-state index in [4.69, 9.17) is 23.2 Å².